The van der Waals surface area contributed by atoms with Gasteiger partial charge in [0.1, 0.15) is 0 Å². The Bertz CT molecular complexity index is 160. The molecule has 0 saturated heterocycles. The van der Waals surface area contributed by atoms with Crippen LogP contribution in [-0.4, -0.2) is 59.7 Å². The van der Waals surface area contributed by atoms with Gasteiger partial charge in [0.25, 0.3) is 0 Å². The highest BCUT2D eigenvalue weighted by molar-refractivity contribution is 7.80. The topological polar surface area (TPSA) is 26.7 Å². The van der Waals surface area contributed by atoms with Crippen LogP contribution in [0, 0.1) is 0 Å². The van der Waals surface area contributed by atoms with Crippen LogP contribution in [0.25, 0.3) is 0 Å². The van der Waals surface area contributed by atoms with Crippen molar-refractivity contribution in [3.8, 4) is 0 Å². The third-order valence-corrected chi connectivity index (χ3v) is 2.44. The van der Waals surface area contributed by atoms with Crippen molar-refractivity contribution >= 4 is 17.3 Å². The predicted octanol–water partition coefficient (Wildman–Crippen LogP) is 1.54. The molecule has 0 aromatic rings. The van der Waals surface area contributed by atoms with Crippen LogP contribution < -0.4 is 0 Å². The third-order valence-electron chi connectivity index (χ3n) is 2.31. The lowest BCUT2D eigenvalue weighted by atomic mass is 10.3. The number of aliphatic hydroxyl groups is 1. The number of hydrogen-bond acceptors (Lipinski definition) is 3. The fraction of sp³-hybridized carbons (Fsp3) is 0.900. The second-order valence-corrected chi connectivity index (χ2v) is 3.98. The van der Waals surface area contributed by atoms with Gasteiger partial charge < -0.3 is 10.0 Å². The molecule has 1 N–H and O–H groups in total. The minimum Gasteiger partial charge on any atom is -0.501 e. The molecule has 0 amide bonds. The maximum Gasteiger partial charge on any atom is 0.170 e. The van der Waals surface area contributed by atoms with Crippen molar-refractivity contribution in [3.05, 3.63) is 0 Å². The lowest BCUT2D eigenvalue weighted by Crippen LogP contribution is -2.30. The van der Waals surface area contributed by atoms with Crippen molar-refractivity contribution in [1.82, 2.24) is 9.80 Å². The van der Waals surface area contributed by atoms with Gasteiger partial charge in [-0.2, -0.15) is 0 Å². The average Bonchev–Trinajstić information content (AvgIpc) is 2.11. The van der Waals surface area contributed by atoms with Crippen molar-refractivity contribution in [2.45, 2.75) is 20.3 Å². The summed E-state index contributed by atoms with van der Waals surface area (Å²) in [7, 11) is 1.98. The number of rotatable bonds is 8. The molecule has 0 spiro atoms. The van der Waals surface area contributed by atoms with Gasteiger partial charge in [0.05, 0.1) is 6.54 Å². The molecule has 0 aliphatic rings. The monoisotopic (exact) mass is 218 g/mol. The Kier molecular flexibility index (Phi) is 8.04. The van der Waals surface area contributed by atoms with Crippen LogP contribution >= 0.6 is 12.2 Å². The minimum atomic E-state index is 0.0790. The maximum atomic E-state index is 8.90. The zero-order chi connectivity index (χ0) is 11.0. The standard InChI is InChI=1S/C10H22N2OS/c1-4-12(5-2)8-6-7-11(3)9-10(13)14/h4-9H2,1-3H3,(H,13,14). The summed E-state index contributed by atoms with van der Waals surface area (Å²) in [5, 5.41) is 8.98. The molecule has 0 aliphatic carbocycles. The summed E-state index contributed by atoms with van der Waals surface area (Å²) < 4.78 is 0. The van der Waals surface area contributed by atoms with E-state index >= 15 is 0 Å². The van der Waals surface area contributed by atoms with Gasteiger partial charge in [-0.25, -0.2) is 0 Å². The van der Waals surface area contributed by atoms with Gasteiger partial charge in [-0.1, -0.05) is 13.8 Å². The summed E-state index contributed by atoms with van der Waals surface area (Å²) in [6.07, 6.45) is 1.13. The van der Waals surface area contributed by atoms with E-state index < -0.39 is 0 Å². The Morgan fingerprint density at radius 1 is 1.21 bits per heavy atom. The fourth-order valence-corrected chi connectivity index (χ4v) is 1.63. The van der Waals surface area contributed by atoms with E-state index in [9.17, 15) is 0 Å². The average molecular weight is 218 g/mol. The van der Waals surface area contributed by atoms with Gasteiger partial charge in [0.2, 0.25) is 0 Å². The number of hydrogen-bond donors (Lipinski definition) is 1. The molecule has 0 rings (SSSR count). The van der Waals surface area contributed by atoms with Crippen molar-refractivity contribution in [1.29, 1.82) is 0 Å². The number of thiocarbonyl (C=S) groups is 1. The van der Waals surface area contributed by atoms with Gasteiger partial charge in [0, 0.05) is 0 Å². The summed E-state index contributed by atoms with van der Waals surface area (Å²) in [6, 6.07) is 0. The molecule has 0 fully saturated rings. The van der Waals surface area contributed by atoms with Gasteiger partial charge in [-0.05, 0) is 51.9 Å². The molecule has 84 valence electrons. The SMILES string of the molecule is CCN(CC)CCCN(C)CC(O)=S. The van der Waals surface area contributed by atoms with E-state index in [1.807, 2.05) is 11.9 Å². The summed E-state index contributed by atoms with van der Waals surface area (Å²) in [6.45, 7) is 9.18. The number of aliphatic hydroxyl groups excluding tert-OH is 1. The van der Waals surface area contributed by atoms with Crippen molar-refractivity contribution in [2.24, 2.45) is 0 Å². The van der Waals surface area contributed by atoms with Gasteiger partial charge >= 0.3 is 0 Å². The molecular formula is C10H22N2OS. The van der Waals surface area contributed by atoms with Crippen LogP contribution in [0.3, 0.4) is 0 Å². The van der Waals surface area contributed by atoms with Crippen LogP contribution in [0.2, 0.25) is 0 Å². The zero-order valence-corrected chi connectivity index (χ0v) is 10.3. The highest BCUT2D eigenvalue weighted by Crippen LogP contribution is 1.93. The van der Waals surface area contributed by atoms with Crippen LogP contribution in [0.4, 0.5) is 0 Å². The number of nitrogens with zero attached hydrogens (tertiary/aromatic N) is 2. The second-order valence-electron chi connectivity index (χ2n) is 3.51. The first-order valence-corrected chi connectivity index (χ1v) is 5.63. The number of likely N-dealkylation sites (N-methyl/N-ethyl adjacent to an activating group) is 1. The highest BCUT2D eigenvalue weighted by atomic mass is 32.1. The molecule has 4 heteroatoms. The molecular weight excluding hydrogens is 196 g/mol. The molecule has 0 unspecified atom stereocenters. The largest absolute Gasteiger partial charge is 0.501 e. The molecule has 0 aromatic heterocycles. The quantitative estimate of drug-likeness (QED) is 0.625. The van der Waals surface area contributed by atoms with Gasteiger partial charge in [-0.3, -0.25) is 4.90 Å². The van der Waals surface area contributed by atoms with Crippen LogP contribution in [0.1, 0.15) is 20.3 Å². The van der Waals surface area contributed by atoms with E-state index in [-0.39, 0.29) is 5.05 Å². The van der Waals surface area contributed by atoms with Crippen molar-refractivity contribution in [2.75, 3.05) is 39.8 Å². The first kappa shape index (κ1) is 13.8. The van der Waals surface area contributed by atoms with E-state index in [1.54, 1.807) is 0 Å². The summed E-state index contributed by atoms with van der Waals surface area (Å²) in [5.74, 6) is 0. The summed E-state index contributed by atoms with van der Waals surface area (Å²) in [5.41, 5.74) is 0. The van der Waals surface area contributed by atoms with Gasteiger partial charge in [-0.15, -0.1) is 0 Å². The Labute approximate surface area is 92.7 Å². The molecule has 14 heavy (non-hydrogen) atoms. The second kappa shape index (κ2) is 8.15. The van der Waals surface area contributed by atoms with E-state index in [4.69, 9.17) is 5.11 Å². The van der Waals surface area contributed by atoms with Crippen LogP contribution in [0.5, 0.6) is 0 Å². The molecule has 3 nitrogen and oxygen atoms in total. The maximum absolute atomic E-state index is 8.90. The zero-order valence-electron chi connectivity index (χ0n) is 9.49. The van der Waals surface area contributed by atoms with Crippen LogP contribution in [-0.2, 0) is 0 Å². The first-order valence-electron chi connectivity index (χ1n) is 5.22. The van der Waals surface area contributed by atoms with E-state index in [0.717, 1.165) is 32.6 Å². The lowest BCUT2D eigenvalue weighted by molar-refractivity contribution is 0.271. The molecule has 0 atom stereocenters. The molecule has 0 saturated carbocycles. The summed E-state index contributed by atoms with van der Waals surface area (Å²) in [4.78, 5) is 4.44. The predicted molar refractivity (Wildman–Crippen MR) is 65.1 cm³/mol. The van der Waals surface area contributed by atoms with Crippen molar-refractivity contribution in [3.63, 3.8) is 0 Å². The Morgan fingerprint density at radius 3 is 2.21 bits per heavy atom. The molecule has 0 aromatic carbocycles. The third kappa shape index (κ3) is 7.24. The molecule has 0 radical (unpaired) electrons. The minimum absolute atomic E-state index is 0.0790. The molecule has 0 aliphatic heterocycles. The normalized spacial score (nSPS) is 11.2. The smallest absolute Gasteiger partial charge is 0.170 e. The fourth-order valence-electron chi connectivity index (χ4n) is 1.41. The highest BCUT2D eigenvalue weighted by Gasteiger charge is 2.02. The lowest BCUT2D eigenvalue weighted by Gasteiger charge is -2.20. The van der Waals surface area contributed by atoms with E-state index in [2.05, 4.69) is 31.0 Å². The van der Waals surface area contributed by atoms with E-state index in [1.165, 1.54) is 0 Å². The first-order chi connectivity index (χ1) is 6.60. The Hall–Kier alpha value is -0.190. The molecule has 0 bridgehead atoms. The van der Waals surface area contributed by atoms with Crippen molar-refractivity contribution < 1.29 is 5.11 Å². The Morgan fingerprint density at radius 2 is 1.79 bits per heavy atom. The summed E-state index contributed by atoms with van der Waals surface area (Å²) >= 11 is 4.62. The van der Waals surface area contributed by atoms with E-state index in [0.29, 0.717) is 6.54 Å². The van der Waals surface area contributed by atoms with Crippen LogP contribution in [0.15, 0.2) is 0 Å². The Balaban J connectivity index is 3.47. The van der Waals surface area contributed by atoms with Gasteiger partial charge in [0.15, 0.2) is 5.05 Å². The molecule has 0 heterocycles.